The van der Waals surface area contributed by atoms with Gasteiger partial charge in [-0.3, -0.25) is 4.79 Å². The number of anilines is 2. The fourth-order valence-corrected chi connectivity index (χ4v) is 7.41. The number of halogens is 1. The predicted octanol–water partition coefficient (Wildman–Crippen LogP) is 6.46. The van der Waals surface area contributed by atoms with Crippen molar-refractivity contribution in [1.82, 2.24) is 9.55 Å². The van der Waals surface area contributed by atoms with Crippen LogP contribution in [0.2, 0.25) is 5.02 Å². The van der Waals surface area contributed by atoms with Crippen molar-refractivity contribution in [2.24, 2.45) is 17.8 Å². The molecule has 172 valence electrons. The Balaban J connectivity index is 1.21. The maximum Gasteiger partial charge on any atom is 0.325 e. The van der Waals surface area contributed by atoms with Crippen LogP contribution in [-0.4, -0.2) is 22.1 Å². The maximum atomic E-state index is 11.8. The van der Waals surface area contributed by atoms with Gasteiger partial charge in [0.05, 0.1) is 34.7 Å². The number of nitrogens with one attached hydrogen (secondary N) is 1. The summed E-state index contributed by atoms with van der Waals surface area (Å²) in [6.45, 7) is 2.35. The third-order valence-electron chi connectivity index (χ3n) is 8.12. The summed E-state index contributed by atoms with van der Waals surface area (Å²) in [5.41, 5.74) is 5.35. The van der Waals surface area contributed by atoms with Crippen LogP contribution in [-0.2, 0) is 21.5 Å². The number of benzene rings is 2. The lowest BCUT2D eigenvalue weighted by atomic mass is 9.48. The summed E-state index contributed by atoms with van der Waals surface area (Å²) in [7, 11) is 0. The molecule has 1 N–H and O–H groups in total. The lowest BCUT2D eigenvalue weighted by molar-refractivity contribution is -0.143. The van der Waals surface area contributed by atoms with Crippen molar-refractivity contribution in [1.29, 1.82) is 0 Å². The van der Waals surface area contributed by atoms with Gasteiger partial charge >= 0.3 is 5.97 Å². The molecular formula is C27H30ClN3O2. The monoisotopic (exact) mass is 463 g/mol. The fourth-order valence-electron chi connectivity index (χ4n) is 7.18. The average molecular weight is 464 g/mol. The Morgan fingerprint density at radius 3 is 2.52 bits per heavy atom. The topological polar surface area (TPSA) is 56.2 Å². The van der Waals surface area contributed by atoms with E-state index in [2.05, 4.69) is 28.5 Å². The van der Waals surface area contributed by atoms with E-state index in [1.165, 1.54) is 44.1 Å². The van der Waals surface area contributed by atoms with Crippen molar-refractivity contribution < 1.29 is 9.53 Å². The molecule has 4 saturated carbocycles. The second-order valence-corrected chi connectivity index (χ2v) is 10.8. The van der Waals surface area contributed by atoms with Crippen LogP contribution in [0.3, 0.4) is 0 Å². The van der Waals surface area contributed by atoms with Crippen LogP contribution in [0.5, 0.6) is 0 Å². The number of esters is 1. The number of carbonyl (C=O) groups excluding carboxylic acids is 1. The number of rotatable bonds is 6. The van der Waals surface area contributed by atoms with Crippen LogP contribution < -0.4 is 5.32 Å². The molecule has 6 heteroatoms. The van der Waals surface area contributed by atoms with Crippen molar-refractivity contribution in [3.05, 3.63) is 53.3 Å². The highest BCUT2D eigenvalue weighted by Crippen LogP contribution is 2.61. The first kappa shape index (κ1) is 21.0. The van der Waals surface area contributed by atoms with Crippen molar-refractivity contribution in [3.8, 4) is 0 Å². The third kappa shape index (κ3) is 3.80. The zero-order chi connectivity index (χ0) is 22.6. The Morgan fingerprint density at radius 1 is 1.12 bits per heavy atom. The van der Waals surface area contributed by atoms with Gasteiger partial charge < -0.3 is 14.6 Å². The highest BCUT2D eigenvalue weighted by Gasteiger charge is 2.51. The van der Waals surface area contributed by atoms with Crippen molar-refractivity contribution in [2.45, 2.75) is 57.4 Å². The lowest BCUT2D eigenvalue weighted by Gasteiger charge is -2.57. The number of nitrogens with zero attached hydrogens (tertiary/aromatic N) is 2. The minimum absolute atomic E-state index is 0.161. The van der Waals surface area contributed by atoms with Gasteiger partial charge in [-0.05, 0) is 105 Å². The van der Waals surface area contributed by atoms with Gasteiger partial charge in [0, 0.05) is 5.69 Å². The van der Waals surface area contributed by atoms with Gasteiger partial charge in [0.1, 0.15) is 6.54 Å². The molecule has 0 aliphatic heterocycles. The van der Waals surface area contributed by atoms with E-state index in [1.807, 2.05) is 29.7 Å². The van der Waals surface area contributed by atoms with Crippen LogP contribution >= 0.6 is 11.6 Å². The van der Waals surface area contributed by atoms with Crippen LogP contribution in [0.4, 0.5) is 11.4 Å². The summed E-state index contributed by atoms with van der Waals surface area (Å²) in [5, 5.41) is 4.24. The summed E-state index contributed by atoms with van der Waals surface area (Å²) >= 11 is 6.80. The molecule has 0 unspecified atom stereocenters. The Hall–Kier alpha value is -2.53. The first-order valence-corrected chi connectivity index (χ1v) is 12.6. The van der Waals surface area contributed by atoms with E-state index in [9.17, 15) is 4.79 Å². The largest absolute Gasteiger partial charge is 0.465 e. The Bertz CT molecular complexity index is 1180. The van der Waals surface area contributed by atoms with E-state index in [0.29, 0.717) is 12.0 Å². The number of fused-ring (bicyclic) bond motifs is 1. The van der Waals surface area contributed by atoms with Crippen LogP contribution in [0.15, 0.2) is 42.7 Å². The lowest BCUT2D eigenvalue weighted by Crippen LogP contribution is -2.48. The molecule has 0 amide bonds. The molecule has 4 aliphatic rings. The van der Waals surface area contributed by atoms with Gasteiger partial charge in [0.2, 0.25) is 0 Å². The molecule has 4 fully saturated rings. The Kier molecular flexibility index (Phi) is 5.13. The van der Waals surface area contributed by atoms with Crippen molar-refractivity contribution in [3.63, 3.8) is 0 Å². The predicted molar refractivity (Wildman–Crippen MR) is 131 cm³/mol. The number of ether oxygens (including phenoxy) is 1. The summed E-state index contributed by atoms with van der Waals surface area (Å²) in [4.78, 5) is 16.3. The Morgan fingerprint density at radius 2 is 1.85 bits per heavy atom. The van der Waals surface area contributed by atoms with Crippen LogP contribution in [0.1, 0.15) is 51.0 Å². The molecule has 4 aliphatic carbocycles. The maximum absolute atomic E-state index is 11.8. The summed E-state index contributed by atoms with van der Waals surface area (Å²) in [6, 6.07) is 12.6. The number of hydrogen-bond donors (Lipinski definition) is 1. The highest BCUT2D eigenvalue weighted by molar-refractivity contribution is 6.33. The summed E-state index contributed by atoms with van der Waals surface area (Å²) in [5.74, 6) is 2.50. The third-order valence-corrected chi connectivity index (χ3v) is 8.44. The molecular weight excluding hydrogens is 434 g/mol. The molecule has 7 rings (SSSR count). The van der Waals surface area contributed by atoms with E-state index < -0.39 is 0 Å². The molecule has 2 aromatic carbocycles. The van der Waals surface area contributed by atoms with Crippen molar-refractivity contribution in [2.75, 3.05) is 11.9 Å². The summed E-state index contributed by atoms with van der Waals surface area (Å²) < 4.78 is 6.86. The molecule has 0 atom stereocenters. The number of imidazole rings is 1. The minimum Gasteiger partial charge on any atom is -0.465 e. The standard InChI is InChI=1S/C27H30ClN3O2/c1-2-33-26(32)15-31-16-29-24-11-21(4-6-25(24)31)30-23-5-3-20(10-22(23)28)27-12-17-7-18(13-27)9-19(8-17)14-27/h3-6,10-11,16-19,30H,2,7-9,12-15H2,1H3. The highest BCUT2D eigenvalue weighted by atomic mass is 35.5. The van der Waals surface area contributed by atoms with E-state index >= 15 is 0 Å². The quantitative estimate of drug-likeness (QED) is 0.426. The van der Waals surface area contributed by atoms with E-state index in [1.54, 1.807) is 6.33 Å². The van der Waals surface area contributed by atoms with Gasteiger partial charge in [-0.15, -0.1) is 0 Å². The molecule has 5 nitrogen and oxygen atoms in total. The van der Waals surface area contributed by atoms with E-state index in [0.717, 1.165) is 45.2 Å². The van der Waals surface area contributed by atoms with Gasteiger partial charge in [-0.2, -0.15) is 0 Å². The molecule has 0 spiro atoms. The fraction of sp³-hybridized carbons (Fsp3) is 0.481. The van der Waals surface area contributed by atoms with Gasteiger partial charge in [0.15, 0.2) is 0 Å². The number of carbonyl (C=O) groups is 1. The van der Waals surface area contributed by atoms with Crippen LogP contribution in [0, 0.1) is 17.8 Å². The Labute approximate surface area is 199 Å². The first-order chi connectivity index (χ1) is 16.0. The summed E-state index contributed by atoms with van der Waals surface area (Å²) in [6.07, 6.45) is 10.0. The zero-order valence-electron chi connectivity index (χ0n) is 19.0. The van der Waals surface area contributed by atoms with Gasteiger partial charge in [-0.25, -0.2) is 4.98 Å². The molecule has 33 heavy (non-hydrogen) atoms. The van der Waals surface area contributed by atoms with E-state index in [4.69, 9.17) is 16.3 Å². The molecule has 0 radical (unpaired) electrons. The average Bonchev–Trinajstić information content (AvgIpc) is 3.16. The molecule has 1 aromatic heterocycles. The first-order valence-electron chi connectivity index (χ1n) is 12.2. The van der Waals surface area contributed by atoms with Gasteiger partial charge in [-0.1, -0.05) is 17.7 Å². The normalized spacial score (nSPS) is 27.8. The molecule has 3 aromatic rings. The number of hydrogen-bond acceptors (Lipinski definition) is 4. The van der Waals surface area contributed by atoms with Gasteiger partial charge in [0.25, 0.3) is 0 Å². The zero-order valence-corrected chi connectivity index (χ0v) is 19.8. The second kappa shape index (κ2) is 8.05. The van der Waals surface area contributed by atoms with Crippen molar-refractivity contribution >= 4 is 40.0 Å². The molecule has 0 saturated heterocycles. The SMILES string of the molecule is CCOC(=O)Cn1cnc2cc(Nc3ccc(C45CC6CC(CC(C6)C4)C5)cc3Cl)ccc21. The molecule has 1 heterocycles. The number of aromatic nitrogens is 2. The van der Waals surface area contributed by atoms with E-state index in [-0.39, 0.29) is 12.5 Å². The second-order valence-electron chi connectivity index (χ2n) is 10.4. The van der Waals surface area contributed by atoms with Crippen LogP contribution in [0.25, 0.3) is 11.0 Å². The minimum atomic E-state index is -0.259. The molecule has 4 bridgehead atoms. The smallest absolute Gasteiger partial charge is 0.325 e.